The highest BCUT2D eigenvalue weighted by Gasteiger charge is 2.23. The second-order valence-electron chi connectivity index (χ2n) is 14.0. The van der Waals surface area contributed by atoms with Crippen LogP contribution in [0.5, 0.6) is 0 Å². The van der Waals surface area contributed by atoms with E-state index in [-0.39, 0.29) is 0 Å². The van der Waals surface area contributed by atoms with Crippen LogP contribution in [0.4, 0.5) is 0 Å². The van der Waals surface area contributed by atoms with Crippen molar-refractivity contribution in [2.75, 3.05) is 0 Å². The number of furan rings is 2. The Kier molecular flexibility index (Phi) is 5.78. The van der Waals surface area contributed by atoms with Gasteiger partial charge in [-0.1, -0.05) is 91.0 Å². The summed E-state index contributed by atoms with van der Waals surface area (Å²) >= 11 is 0. The van der Waals surface area contributed by atoms with Crippen LogP contribution in [0.3, 0.4) is 0 Å². The van der Waals surface area contributed by atoms with Gasteiger partial charge in [0.25, 0.3) is 0 Å². The minimum Gasteiger partial charge on any atom is -0.456 e. The summed E-state index contributed by atoms with van der Waals surface area (Å²) < 4.78 is 17.7. The summed E-state index contributed by atoms with van der Waals surface area (Å²) in [6.07, 6.45) is 0. The maximum absolute atomic E-state index is 10.3. The summed E-state index contributed by atoms with van der Waals surface area (Å²) in [5.41, 5.74) is 12.3. The van der Waals surface area contributed by atoms with Gasteiger partial charge >= 0.3 is 0 Å². The van der Waals surface area contributed by atoms with Crippen molar-refractivity contribution in [3.8, 4) is 28.6 Å². The molecule has 0 unspecified atom stereocenters. The van der Waals surface area contributed by atoms with E-state index < -0.39 is 0 Å². The molecule has 0 saturated heterocycles. The molecule has 0 fully saturated rings. The number of fused-ring (bicyclic) bond motifs is 13. The van der Waals surface area contributed by atoms with Gasteiger partial charge in [-0.2, -0.15) is 5.26 Å². The van der Waals surface area contributed by atoms with Crippen molar-refractivity contribution in [2.24, 2.45) is 0 Å². The van der Waals surface area contributed by atoms with Gasteiger partial charge in [-0.05, 0) is 66.7 Å². The molecule has 0 radical (unpaired) electrons. The molecule has 0 bridgehead atoms. The summed E-state index contributed by atoms with van der Waals surface area (Å²) in [4.78, 5) is 0. The molecule has 0 amide bonds. The predicted molar refractivity (Wildman–Crippen MR) is 220 cm³/mol. The first-order valence-electron chi connectivity index (χ1n) is 18.1. The van der Waals surface area contributed by atoms with E-state index in [1.54, 1.807) is 0 Å². The summed E-state index contributed by atoms with van der Waals surface area (Å²) in [5, 5.41) is 19.2. The molecule has 5 nitrogen and oxygen atoms in total. The van der Waals surface area contributed by atoms with E-state index in [0.717, 1.165) is 110 Å². The molecule has 8 aromatic carbocycles. The number of aromatic nitrogens is 2. The third-order valence-corrected chi connectivity index (χ3v) is 11.2. The fraction of sp³-hybridized carbons (Fsp3) is 0. The zero-order valence-electron chi connectivity index (χ0n) is 28.7. The van der Waals surface area contributed by atoms with E-state index in [9.17, 15) is 5.26 Å². The average molecular weight is 690 g/mol. The van der Waals surface area contributed by atoms with Crippen molar-refractivity contribution in [3.63, 3.8) is 0 Å². The Bertz CT molecular complexity index is 3590. The molecule has 12 aromatic rings. The monoisotopic (exact) mass is 689 g/mol. The van der Waals surface area contributed by atoms with Gasteiger partial charge in [0.1, 0.15) is 22.3 Å². The molecule has 0 aliphatic rings. The number of para-hydroxylation sites is 5. The molecule has 250 valence electrons. The van der Waals surface area contributed by atoms with Crippen molar-refractivity contribution >= 4 is 87.5 Å². The number of rotatable bonds is 3. The Labute approximate surface area is 307 Å². The van der Waals surface area contributed by atoms with E-state index >= 15 is 0 Å². The molecule has 0 aliphatic heterocycles. The summed E-state index contributed by atoms with van der Waals surface area (Å²) in [5.74, 6) is 0. The molecule has 4 aromatic heterocycles. The van der Waals surface area contributed by atoms with Crippen LogP contribution in [-0.4, -0.2) is 9.13 Å². The topological polar surface area (TPSA) is 59.9 Å². The van der Waals surface area contributed by atoms with Gasteiger partial charge in [-0.15, -0.1) is 0 Å². The maximum Gasteiger partial charge on any atom is 0.145 e. The van der Waals surface area contributed by atoms with Gasteiger partial charge in [-0.25, -0.2) is 0 Å². The third kappa shape index (κ3) is 3.86. The Morgan fingerprint density at radius 2 is 1.02 bits per heavy atom. The first-order chi connectivity index (χ1) is 26.7. The molecule has 5 heteroatoms. The Hall–Kier alpha value is -7.55. The van der Waals surface area contributed by atoms with Crippen LogP contribution in [-0.2, 0) is 0 Å². The Balaban J connectivity index is 1.18. The lowest BCUT2D eigenvalue weighted by molar-refractivity contribution is 0.669. The molecule has 0 aliphatic carbocycles. The van der Waals surface area contributed by atoms with Crippen molar-refractivity contribution in [3.05, 3.63) is 169 Å². The molecule has 12 rings (SSSR count). The minimum absolute atomic E-state index is 0.593. The first-order valence-corrected chi connectivity index (χ1v) is 18.1. The highest BCUT2D eigenvalue weighted by Crippen LogP contribution is 2.44. The van der Waals surface area contributed by atoms with Gasteiger partial charge in [0.05, 0.1) is 50.5 Å². The lowest BCUT2D eigenvalue weighted by atomic mass is 9.98. The highest BCUT2D eigenvalue weighted by molar-refractivity contribution is 6.24. The third-order valence-electron chi connectivity index (χ3n) is 11.2. The van der Waals surface area contributed by atoms with Gasteiger partial charge in [0.2, 0.25) is 0 Å². The fourth-order valence-electron chi connectivity index (χ4n) is 8.85. The predicted octanol–water partition coefficient (Wildman–Crippen LogP) is 13.2. The van der Waals surface area contributed by atoms with Crippen LogP contribution < -0.4 is 0 Å². The lowest BCUT2D eigenvalue weighted by Gasteiger charge is -2.18. The van der Waals surface area contributed by atoms with E-state index in [1.165, 1.54) is 0 Å². The van der Waals surface area contributed by atoms with Gasteiger partial charge in [0.15, 0.2) is 0 Å². The minimum atomic E-state index is 0.593. The Morgan fingerprint density at radius 3 is 1.83 bits per heavy atom. The van der Waals surface area contributed by atoms with Crippen LogP contribution in [0, 0.1) is 11.3 Å². The summed E-state index contributed by atoms with van der Waals surface area (Å²) in [6, 6.07) is 59.4. The van der Waals surface area contributed by atoms with E-state index in [1.807, 2.05) is 36.4 Å². The summed E-state index contributed by atoms with van der Waals surface area (Å²) in [6.45, 7) is 0. The van der Waals surface area contributed by atoms with Crippen LogP contribution in [0.15, 0.2) is 173 Å². The maximum atomic E-state index is 10.3. The van der Waals surface area contributed by atoms with Crippen LogP contribution in [0.1, 0.15) is 5.56 Å². The van der Waals surface area contributed by atoms with Gasteiger partial charge < -0.3 is 18.0 Å². The fourth-order valence-corrected chi connectivity index (χ4v) is 8.85. The Morgan fingerprint density at radius 1 is 0.389 bits per heavy atom. The van der Waals surface area contributed by atoms with Crippen molar-refractivity contribution < 1.29 is 8.83 Å². The second kappa shape index (κ2) is 10.7. The quantitative estimate of drug-likeness (QED) is 0.185. The standard InChI is InChI=1S/C49H27N3O2/c50-28-29-21-23-42(52-40-17-7-2-12-31(40)37-26-38-33-14-5-9-19-45(33)53-47(38)27-44(37)52)36(25-29)30-11-1-6-16-39(30)51-41-18-8-3-15-35(41)48-43(51)24-22-34-32-13-4-10-20-46(32)54-49(34)48/h1-27H. The molecule has 0 saturated carbocycles. The summed E-state index contributed by atoms with van der Waals surface area (Å²) in [7, 11) is 0. The normalized spacial score (nSPS) is 12.1. The molecular formula is C49H27N3O2. The SMILES string of the molecule is N#Cc1ccc(-n2c3ccccc3c3cc4c(cc32)oc2ccccc24)c(-c2ccccc2-n2c3ccccc3c3c4oc5ccccc5c4ccc32)c1. The molecule has 0 N–H and O–H groups in total. The van der Waals surface area contributed by atoms with Gasteiger partial charge in [-0.3, -0.25) is 0 Å². The number of benzene rings is 8. The van der Waals surface area contributed by atoms with Crippen LogP contribution in [0.2, 0.25) is 0 Å². The zero-order valence-corrected chi connectivity index (χ0v) is 28.7. The molecule has 0 atom stereocenters. The number of hydrogen-bond donors (Lipinski definition) is 0. The van der Waals surface area contributed by atoms with Crippen molar-refractivity contribution in [2.45, 2.75) is 0 Å². The highest BCUT2D eigenvalue weighted by atomic mass is 16.3. The number of nitriles is 1. The van der Waals surface area contributed by atoms with E-state index in [4.69, 9.17) is 8.83 Å². The van der Waals surface area contributed by atoms with E-state index in [2.05, 4.69) is 143 Å². The molecule has 0 spiro atoms. The number of nitrogens with zero attached hydrogens (tertiary/aromatic N) is 3. The number of hydrogen-bond acceptors (Lipinski definition) is 3. The average Bonchev–Trinajstić information content (AvgIpc) is 3.97. The first kappa shape index (κ1) is 29.1. The zero-order chi connectivity index (χ0) is 35.5. The van der Waals surface area contributed by atoms with Gasteiger partial charge in [0, 0.05) is 54.9 Å². The smallest absolute Gasteiger partial charge is 0.145 e. The molecular weight excluding hydrogens is 663 g/mol. The molecule has 54 heavy (non-hydrogen) atoms. The largest absolute Gasteiger partial charge is 0.456 e. The van der Waals surface area contributed by atoms with Crippen LogP contribution in [0.25, 0.3) is 110 Å². The van der Waals surface area contributed by atoms with Crippen LogP contribution >= 0.6 is 0 Å². The lowest BCUT2D eigenvalue weighted by Crippen LogP contribution is -2.02. The van der Waals surface area contributed by atoms with Crippen molar-refractivity contribution in [1.29, 1.82) is 5.26 Å². The van der Waals surface area contributed by atoms with E-state index in [0.29, 0.717) is 5.56 Å². The second-order valence-corrected chi connectivity index (χ2v) is 14.0. The van der Waals surface area contributed by atoms with Crippen molar-refractivity contribution in [1.82, 2.24) is 9.13 Å². The molecule has 4 heterocycles.